The molecule has 4 rings (SSSR count). The molecule has 0 aliphatic carbocycles. The SMILES string of the molecule is CC(=O)O.COc1cc2nc(N3CCN(C(=O)C4CCCO4)CC3)nc(N)c2cc1OC. The summed E-state index contributed by atoms with van der Waals surface area (Å²) in [5.74, 6) is 1.37. The van der Waals surface area contributed by atoms with Crippen LogP contribution in [0.25, 0.3) is 10.9 Å². The number of carboxylic acid groups (broad SMARTS) is 1. The fourth-order valence-corrected chi connectivity index (χ4v) is 3.71. The maximum atomic E-state index is 12.5. The molecule has 3 N–H and O–H groups in total. The second-order valence-electron chi connectivity index (χ2n) is 7.47. The molecular formula is C21H29N5O6. The van der Waals surface area contributed by atoms with E-state index in [4.69, 9.17) is 29.8 Å². The number of nitrogens with two attached hydrogens (primary N) is 1. The number of carboxylic acids is 1. The number of nitrogens with zero attached hydrogens (tertiary/aromatic N) is 4. The summed E-state index contributed by atoms with van der Waals surface area (Å²) in [6, 6.07) is 3.58. The Morgan fingerprint density at radius 2 is 1.75 bits per heavy atom. The zero-order valence-corrected chi connectivity index (χ0v) is 18.5. The quantitative estimate of drug-likeness (QED) is 0.701. The molecule has 32 heavy (non-hydrogen) atoms. The Morgan fingerprint density at radius 1 is 1.12 bits per heavy atom. The molecule has 1 unspecified atom stereocenters. The lowest BCUT2D eigenvalue weighted by atomic mass is 10.2. The molecule has 1 aromatic heterocycles. The van der Waals surface area contributed by atoms with Crippen molar-refractivity contribution >= 4 is 34.5 Å². The third kappa shape index (κ3) is 5.28. The van der Waals surface area contributed by atoms with Crippen molar-refractivity contribution in [3.63, 3.8) is 0 Å². The predicted octanol–water partition coefficient (Wildman–Crippen LogP) is 1.15. The molecule has 2 fully saturated rings. The van der Waals surface area contributed by atoms with Gasteiger partial charge in [0.05, 0.1) is 19.7 Å². The molecule has 0 saturated carbocycles. The number of hydrogen-bond donors (Lipinski definition) is 2. The predicted molar refractivity (Wildman–Crippen MR) is 118 cm³/mol. The van der Waals surface area contributed by atoms with Crippen LogP contribution in [0.3, 0.4) is 0 Å². The molecule has 11 heteroatoms. The third-order valence-electron chi connectivity index (χ3n) is 5.30. The van der Waals surface area contributed by atoms with Gasteiger partial charge in [-0.05, 0) is 18.9 Å². The Hall–Kier alpha value is -3.34. The van der Waals surface area contributed by atoms with E-state index in [1.165, 1.54) is 0 Å². The number of amides is 1. The Bertz CT molecular complexity index is 967. The lowest BCUT2D eigenvalue weighted by Gasteiger charge is -2.35. The summed E-state index contributed by atoms with van der Waals surface area (Å²) in [5.41, 5.74) is 6.87. The number of benzene rings is 1. The zero-order valence-electron chi connectivity index (χ0n) is 18.5. The summed E-state index contributed by atoms with van der Waals surface area (Å²) in [5, 5.41) is 8.13. The maximum absolute atomic E-state index is 12.5. The molecule has 2 aliphatic heterocycles. The minimum absolute atomic E-state index is 0.0907. The summed E-state index contributed by atoms with van der Waals surface area (Å²) < 4.78 is 16.2. The van der Waals surface area contributed by atoms with Gasteiger partial charge in [0, 0.05) is 51.2 Å². The number of fused-ring (bicyclic) bond motifs is 1. The van der Waals surface area contributed by atoms with Crippen molar-refractivity contribution in [3.8, 4) is 11.5 Å². The van der Waals surface area contributed by atoms with Crippen LogP contribution in [-0.4, -0.2) is 85.0 Å². The van der Waals surface area contributed by atoms with Crippen molar-refractivity contribution in [1.29, 1.82) is 0 Å². The van der Waals surface area contributed by atoms with E-state index in [0.717, 1.165) is 19.8 Å². The van der Waals surface area contributed by atoms with Crippen molar-refractivity contribution < 1.29 is 28.9 Å². The molecule has 0 spiro atoms. The molecule has 2 aliphatic rings. The Kier molecular flexibility index (Phi) is 7.52. The van der Waals surface area contributed by atoms with E-state index < -0.39 is 5.97 Å². The molecular weight excluding hydrogens is 418 g/mol. The fraction of sp³-hybridized carbons (Fsp3) is 0.524. The van der Waals surface area contributed by atoms with Crippen molar-refractivity contribution in [2.24, 2.45) is 0 Å². The van der Waals surface area contributed by atoms with E-state index in [2.05, 4.69) is 9.97 Å². The second kappa shape index (κ2) is 10.3. The molecule has 1 aromatic carbocycles. The number of aromatic nitrogens is 2. The maximum Gasteiger partial charge on any atom is 0.300 e. The van der Waals surface area contributed by atoms with E-state index in [9.17, 15) is 4.79 Å². The van der Waals surface area contributed by atoms with Crippen LogP contribution in [-0.2, 0) is 14.3 Å². The van der Waals surface area contributed by atoms with E-state index in [-0.39, 0.29) is 12.0 Å². The molecule has 1 amide bonds. The Balaban J connectivity index is 0.000000668. The van der Waals surface area contributed by atoms with Gasteiger partial charge in [0.15, 0.2) is 11.5 Å². The van der Waals surface area contributed by atoms with Gasteiger partial charge in [0.2, 0.25) is 5.95 Å². The van der Waals surface area contributed by atoms with Crippen molar-refractivity contribution in [3.05, 3.63) is 12.1 Å². The van der Waals surface area contributed by atoms with Gasteiger partial charge in [-0.1, -0.05) is 0 Å². The number of ether oxygens (including phenoxy) is 3. The van der Waals surface area contributed by atoms with Crippen LogP contribution in [0, 0.1) is 0 Å². The largest absolute Gasteiger partial charge is 0.493 e. The van der Waals surface area contributed by atoms with Gasteiger partial charge in [0.1, 0.15) is 11.9 Å². The molecule has 3 heterocycles. The lowest BCUT2D eigenvalue weighted by molar-refractivity contribution is -0.141. The van der Waals surface area contributed by atoms with Gasteiger partial charge >= 0.3 is 0 Å². The minimum atomic E-state index is -0.833. The van der Waals surface area contributed by atoms with E-state index in [1.807, 2.05) is 9.80 Å². The van der Waals surface area contributed by atoms with Gasteiger partial charge in [-0.25, -0.2) is 4.98 Å². The number of aliphatic carboxylic acids is 1. The number of anilines is 2. The highest BCUT2D eigenvalue weighted by molar-refractivity contribution is 5.91. The molecule has 11 nitrogen and oxygen atoms in total. The van der Waals surface area contributed by atoms with Crippen molar-refractivity contribution in [1.82, 2.24) is 14.9 Å². The van der Waals surface area contributed by atoms with Crippen LogP contribution in [0.2, 0.25) is 0 Å². The standard InChI is InChI=1S/C19H25N5O4.C2H4O2/c1-26-15-10-12-13(11-16(15)27-2)21-19(22-17(12)20)24-7-5-23(6-8-24)18(25)14-4-3-9-28-14;1-2(3)4/h10-11,14H,3-9H2,1-2H3,(H2,20,21,22);1H3,(H,3,4). The first-order chi connectivity index (χ1) is 15.3. The van der Waals surface area contributed by atoms with Gasteiger partial charge in [-0.2, -0.15) is 4.98 Å². The summed E-state index contributed by atoms with van der Waals surface area (Å²) in [6.07, 6.45) is 1.49. The fourth-order valence-electron chi connectivity index (χ4n) is 3.71. The second-order valence-corrected chi connectivity index (χ2v) is 7.47. The van der Waals surface area contributed by atoms with Crippen LogP contribution in [0.1, 0.15) is 19.8 Å². The van der Waals surface area contributed by atoms with E-state index in [1.54, 1.807) is 26.4 Å². The first-order valence-corrected chi connectivity index (χ1v) is 10.4. The smallest absolute Gasteiger partial charge is 0.300 e. The number of methoxy groups -OCH3 is 2. The van der Waals surface area contributed by atoms with Crippen molar-refractivity contribution in [2.45, 2.75) is 25.9 Å². The van der Waals surface area contributed by atoms with E-state index >= 15 is 0 Å². The first-order valence-electron chi connectivity index (χ1n) is 10.4. The monoisotopic (exact) mass is 447 g/mol. The van der Waals surface area contributed by atoms with Gasteiger partial charge in [0.25, 0.3) is 11.9 Å². The van der Waals surface area contributed by atoms with Crippen LogP contribution in [0.15, 0.2) is 12.1 Å². The number of rotatable bonds is 4. The average molecular weight is 447 g/mol. The summed E-state index contributed by atoms with van der Waals surface area (Å²) in [6.45, 7) is 4.29. The normalized spacial score (nSPS) is 18.2. The first kappa shape index (κ1) is 23.3. The summed E-state index contributed by atoms with van der Waals surface area (Å²) in [7, 11) is 3.16. The highest BCUT2D eigenvalue weighted by atomic mass is 16.5. The number of nitrogen functional groups attached to an aromatic ring is 1. The van der Waals surface area contributed by atoms with Gasteiger partial charge in [-0.15, -0.1) is 0 Å². The van der Waals surface area contributed by atoms with Crippen LogP contribution < -0.4 is 20.1 Å². The molecule has 174 valence electrons. The molecule has 0 bridgehead atoms. The molecule has 1 atom stereocenters. The van der Waals surface area contributed by atoms with E-state index in [0.29, 0.717) is 67.0 Å². The summed E-state index contributed by atoms with van der Waals surface area (Å²) >= 11 is 0. The molecule has 2 aromatic rings. The van der Waals surface area contributed by atoms with Crippen LogP contribution >= 0.6 is 0 Å². The number of hydrogen-bond acceptors (Lipinski definition) is 9. The summed E-state index contributed by atoms with van der Waals surface area (Å²) in [4.78, 5) is 34.6. The van der Waals surface area contributed by atoms with Crippen LogP contribution in [0.4, 0.5) is 11.8 Å². The average Bonchev–Trinajstić information content (AvgIpc) is 3.32. The Labute approximate surface area is 186 Å². The van der Waals surface area contributed by atoms with Gasteiger partial charge in [-0.3, -0.25) is 9.59 Å². The lowest BCUT2D eigenvalue weighted by Crippen LogP contribution is -2.51. The number of piperazine rings is 1. The van der Waals surface area contributed by atoms with Crippen molar-refractivity contribution in [2.75, 3.05) is 57.6 Å². The highest BCUT2D eigenvalue weighted by Gasteiger charge is 2.31. The highest BCUT2D eigenvalue weighted by Crippen LogP contribution is 2.34. The topological polar surface area (TPSA) is 140 Å². The van der Waals surface area contributed by atoms with Gasteiger partial charge < -0.3 is 34.9 Å². The minimum Gasteiger partial charge on any atom is -0.493 e. The molecule has 2 saturated heterocycles. The third-order valence-corrected chi connectivity index (χ3v) is 5.30. The number of carbonyl (C=O) groups is 2. The molecule has 0 radical (unpaired) electrons. The number of carbonyl (C=O) groups excluding carboxylic acids is 1. The Morgan fingerprint density at radius 3 is 2.31 bits per heavy atom. The zero-order chi connectivity index (χ0) is 23.3. The van der Waals surface area contributed by atoms with Crippen LogP contribution in [0.5, 0.6) is 11.5 Å².